The van der Waals surface area contributed by atoms with Crippen LogP contribution in [-0.4, -0.2) is 37.6 Å². The lowest BCUT2D eigenvalue weighted by atomic mass is 9.93. The van der Waals surface area contributed by atoms with Gasteiger partial charge in [0.1, 0.15) is 23.4 Å². The highest BCUT2D eigenvalue weighted by Gasteiger charge is 2.37. The largest absolute Gasteiger partial charge is 0.508 e. The summed E-state index contributed by atoms with van der Waals surface area (Å²) in [4.78, 5) is 12.1. The molecule has 0 saturated carbocycles. The third-order valence-corrected chi connectivity index (χ3v) is 4.33. The molecule has 0 aliphatic carbocycles. The van der Waals surface area contributed by atoms with E-state index in [0.717, 1.165) is 6.07 Å². The average Bonchev–Trinajstić information content (AvgIpc) is 2.59. The van der Waals surface area contributed by atoms with E-state index in [9.17, 15) is 30.3 Å². The molecule has 8 heteroatoms. The fraction of sp³-hybridized carbons (Fsp3) is 0.316. The van der Waals surface area contributed by atoms with Crippen molar-refractivity contribution in [3.8, 4) is 34.5 Å². The molecule has 0 fully saturated rings. The van der Waals surface area contributed by atoms with Crippen molar-refractivity contribution >= 4 is 5.97 Å². The topological polar surface area (TPSA) is 137 Å². The summed E-state index contributed by atoms with van der Waals surface area (Å²) in [6.07, 6.45) is -1.72. The van der Waals surface area contributed by atoms with E-state index in [1.807, 2.05) is 0 Å². The predicted molar refractivity (Wildman–Crippen MR) is 93.0 cm³/mol. The van der Waals surface area contributed by atoms with E-state index in [4.69, 9.17) is 9.47 Å². The molecule has 2 aromatic carbocycles. The summed E-state index contributed by atoms with van der Waals surface area (Å²) in [7, 11) is 0. The fourth-order valence-electron chi connectivity index (χ4n) is 2.91. The zero-order valence-corrected chi connectivity index (χ0v) is 14.7. The first kappa shape index (κ1) is 18.5. The molecule has 2 unspecified atom stereocenters. The van der Waals surface area contributed by atoms with Gasteiger partial charge in [-0.15, -0.1) is 0 Å². The van der Waals surface area contributed by atoms with Crippen LogP contribution in [-0.2, 0) is 16.0 Å². The molecule has 1 aliphatic heterocycles. The summed E-state index contributed by atoms with van der Waals surface area (Å²) >= 11 is 0. The third kappa shape index (κ3) is 3.51. The molecule has 144 valence electrons. The molecular formula is C19H20O8. The first-order valence-electron chi connectivity index (χ1n) is 8.34. The molecule has 0 spiro atoms. The van der Waals surface area contributed by atoms with Crippen LogP contribution in [0.3, 0.4) is 0 Å². The fourth-order valence-corrected chi connectivity index (χ4v) is 2.91. The number of hydrogen-bond donors (Lipinski definition) is 5. The molecule has 0 radical (unpaired) electrons. The highest BCUT2D eigenvalue weighted by Crippen LogP contribution is 2.45. The lowest BCUT2D eigenvalue weighted by Crippen LogP contribution is -2.35. The SMILES string of the molecule is CC(C)C(=O)OC1Cc2c(O)cc(O)cc2OC1c1cc(O)c(O)c(O)c1. The van der Waals surface area contributed by atoms with Crippen molar-refractivity contribution in [3.05, 3.63) is 35.4 Å². The highest BCUT2D eigenvalue weighted by molar-refractivity contribution is 5.72. The van der Waals surface area contributed by atoms with Gasteiger partial charge in [0, 0.05) is 29.7 Å². The number of carbonyl (C=O) groups excluding carboxylic acids is 1. The van der Waals surface area contributed by atoms with Crippen LogP contribution in [0.1, 0.15) is 31.1 Å². The van der Waals surface area contributed by atoms with Crippen molar-refractivity contribution in [2.75, 3.05) is 0 Å². The van der Waals surface area contributed by atoms with E-state index < -0.39 is 41.3 Å². The first-order valence-corrected chi connectivity index (χ1v) is 8.34. The summed E-state index contributed by atoms with van der Waals surface area (Å²) < 4.78 is 11.3. The summed E-state index contributed by atoms with van der Waals surface area (Å²) in [6.45, 7) is 3.34. The molecule has 3 rings (SSSR count). The minimum absolute atomic E-state index is 0.0903. The Kier molecular flexibility index (Phi) is 4.65. The molecule has 0 amide bonds. The number of benzene rings is 2. The van der Waals surface area contributed by atoms with Crippen LogP contribution in [0.25, 0.3) is 0 Å². The Labute approximate surface area is 154 Å². The van der Waals surface area contributed by atoms with Gasteiger partial charge in [-0.1, -0.05) is 13.8 Å². The van der Waals surface area contributed by atoms with E-state index in [0.29, 0.717) is 5.56 Å². The second-order valence-electron chi connectivity index (χ2n) is 6.72. The number of rotatable bonds is 3. The number of hydrogen-bond acceptors (Lipinski definition) is 8. The summed E-state index contributed by atoms with van der Waals surface area (Å²) in [5, 5.41) is 48.9. The van der Waals surface area contributed by atoms with E-state index in [2.05, 4.69) is 0 Å². The Balaban J connectivity index is 2.06. The van der Waals surface area contributed by atoms with Gasteiger partial charge in [-0.05, 0) is 12.1 Å². The second-order valence-corrected chi connectivity index (χ2v) is 6.72. The van der Waals surface area contributed by atoms with Crippen LogP contribution >= 0.6 is 0 Å². The number of phenolic OH excluding ortho intramolecular Hbond substituents is 5. The lowest BCUT2D eigenvalue weighted by Gasteiger charge is -2.34. The monoisotopic (exact) mass is 376 g/mol. The summed E-state index contributed by atoms with van der Waals surface area (Å²) in [6, 6.07) is 4.83. The number of fused-ring (bicyclic) bond motifs is 1. The van der Waals surface area contributed by atoms with E-state index in [1.54, 1.807) is 13.8 Å². The van der Waals surface area contributed by atoms with Gasteiger partial charge in [0.15, 0.2) is 23.4 Å². The second kappa shape index (κ2) is 6.79. The Hall–Kier alpha value is -3.29. The molecule has 2 aromatic rings. The zero-order valence-electron chi connectivity index (χ0n) is 14.7. The third-order valence-electron chi connectivity index (χ3n) is 4.33. The van der Waals surface area contributed by atoms with Gasteiger partial charge >= 0.3 is 5.97 Å². The Morgan fingerprint density at radius 1 is 1.04 bits per heavy atom. The summed E-state index contributed by atoms with van der Waals surface area (Å²) in [5.74, 6) is -2.92. The van der Waals surface area contributed by atoms with Crippen LogP contribution in [0, 0.1) is 5.92 Å². The molecule has 1 heterocycles. The van der Waals surface area contributed by atoms with Crippen LogP contribution in [0.2, 0.25) is 0 Å². The van der Waals surface area contributed by atoms with E-state index in [1.165, 1.54) is 18.2 Å². The minimum Gasteiger partial charge on any atom is -0.508 e. The number of ether oxygens (including phenoxy) is 2. The standard InChI is InChI=1S/C19H20O8/c1-8(2)19(25)27-16-7-11-12(21)5-10(20)6-15(11)26-18(16)9-3-13(22)17(24)14(23)4-9/h3-6,8,16,18,20-24H,7H2,1-2H3. The smallest absolute Gasteiger partial charge is 0.308 e. The molecule has 2 atom stereocenters. The highest BCUT2D eigenvalue weighted by atomic mass is 16.6. The first-order chi connectivity index (χ1) is 12.7. The maximum absolute atomic E-state index is 12.1. The zero-order chi connectivity index (χ0) is 19.9. The molecule has 8 nitrogen and oxygen atoms in total. The van der Waals surface area contributed by atoms with Crippen LogP contribution in [0.15, 0.2) is 24.3 Å². The van der Waals surface area contributed by atoms with Gasteiger partial charge in [-0.25, -0.2) is 0 Å². The Morgan fingerprint density at radius 3 is 2.26 bits per heavy atom. The molecule has 5 N–H and O–H groups in total. The van der Waals surface area contributed by atoms with Gasteiger partial charge in [0.25, 0.3) is 0 Å². The average molecular weight is 376 g/mol. The van der Waals surface area contributed by atoms with Gasteiger partial charge in [0.05, 0.1) is 5.92 Å². The van der Waals surface area contributed by atoms with Crippen molar-refractivity contribution in [3.63, 3.8) is 0 Å². The van der Waals surface area contributed by atoms with E-state index in [-0.39, 0.29) is 29.2 Å². The number of phenols is 5. The van der Waals surface area contributed by atoms with Crippen molar-refractivity contribution in [1.29, 1.82) is 0 Å². The van der Waals surface area contributed by atoms with E-state index >= 15 is 0 Å². The molecule has 0 bridgehead atoms. The minimum atomic E-state index is -0.946. The van der Waals surface area contributed by atoms with Crippen LogP contribution < -0.4 is 4.74 Å². The van der Waals surface area contributed by atoms with Gasteiger partial charge in [-0.2, -0.15) is 0 Å². The Morgan fingerprint density at radius 2 is 1.67 bits per heavy atom. The molecule has 0 saturated heterocycles. The lowest BCUT2D eigenvalue weighted by molar-refractivity contribution is -0.159. The quantitative estimate of drug-likeness (QED) is 0.407. The summed E-state index contributed by atoms with van der Waals surface area (Å²) in [5.41, 5.74) is 0.607. The molecule has 0 aromatic heterocycles. The van der Waals surface area contributed by atoms with Gasteiger partial charge in [-0.3, -0.25) is 4.79 Å². The Bertz CT molecular complexity index is 867. The van der Waals surface area contributed by atoms with Crippen molar-refractivity contribution < 1.29 is 39.8 Å². The maximum Gasteiger partial charge on any atom is 0.308 e. The molecular weight excluding hydrogens is 356 g/mol. The van der Waals surface area contributed by atoms with Gasteiger partial charge < -0.3 is 35.0 Å². The van der Waals surface area contributed by atoms with Crippen LogP contribution in [0.5, 0.6) is 34.5 Å². The van der Waals surface area contributed by atoms with Crippen LogP contribution in [0.4, 0.5) is 0 Å². The maximum atomic E-state index is 12.1. The van der Waals surface area contributed by atoms with Gasteiger partial charge in [0.2, 0.25) is 0 Å². The predicted octanol–water partition coefficient (Wildman–Crippen LogP) is 2.46. The number of carbonyl (C=O) groups is 1. The number of aromatic hydroxyl groups is 5. The van der Waals surface area contributed by atoms with Crippen molar-refractivity contribution in [2.45, 2.75) is 32.5 Å². The van der Waals surface area contributed by atoms with Crippen molar-refractivity contribution in [1.82, 2.24) is 0 Å². The normalized spacial score (nSPS) is 18.6. The van der Waals surface area contributed by atoms with Crippen molar-refractivity contribution in [2.24, 2.45) is 5.92 Å². The number of esters is 1. The molecule has 27 heavy (non-hydrogen) atoms. The molecule has 1 aliphatic rings.